The lowest BCUT2D eigenvalue weighted by molar-refractivity contribution is -0.121. The van der Waals surface area contributed by atoms with Crippen molar-refractivity contribution in [2.24, 2.45) is 0 Å². The molecular weight excluding hydrogens is 376 g/mol. The summed E-state index contributed by atoms with van der Waals surface area (Å²) in [5.41, 5.74) is 2.02. The standard InChI is InChI=1S/C25H26N2O3/c1-17(25(28)26-21-10-8-18-5-2-3-6-19(18)15-21)27-12-4-7-22(27)20-9-11-23-24(16-20)30-14-13-29-23/h2-3,5-6,8-11,15-17,22H,4,7,12-14H2,1H3,(H,26,28)/t17-,22+/m0/s1. The molecule has 30 heavy (non-hydrogen) atoms. The van der Waals surface area contributed by atoms with Crippen LogP contribution in [0.1, 0.15) is 31.4 Å². The molecule has 2 aliphatic heterocycles. The molecule has 1 amide bonds. The third kappa shape index (κ3) is 3.61. The molecule has 2 aliphatic rings. The largest absolute Gasteiger partial charge is 0.486 e. The molecule has 2 heterocycles. The zero-order chi connectivity index (χ0) is 20.5. The summed E-state index contributed by atoms with van der Waals surface area (Å²) in [6.45, 7) is 4.07. The molecule has 5 rings (SSSR count). The lowest BCUT2D eigenvalue weighted by atomic mass is 10.0. The second-order valence-electron chi connectivity index (χ2n) is 8.03. The fraction of sp³-hybridized carbons (Fsp3) is 0.320. The summed E-state index contributed by atoms with van der Waals surface area (Å²) in [6, 6.07) is 20.4. The Morgan fingerprint density at radius 1 is 1.00 bits per heavy atom. The Labute approximate surface area is 176 Å². The van der Waals surface area contributed by atoms with Crippen molar-refractivity contribution in [3.8, 4) is 11.5 Å². The first-order valence-corrected chi connectivity index (χ1v) is 10.6. The molecule has 0 bridgehead atoms. The molecule has 1 fully saturated rings. The second-order valence-corrected chi connectivity index (χ2v) is 8.03. The van der Waals surface area contributed by atoms with Crippen LogP contribution in [0.5, 0.6) is 11.5 Å². The highest BCUT2D eigenvalue weighted by molar-refractivity contribution is 5.97. The third-order valence-electron chi connectivity index (χ3n) is 6.14. The number of carbonyl (C=O) groups is 1. The van der Waals surface area contributed by atoms with E-state index in [0.717, 1.165) is 42.0 Å². The SMILES string of the molecule is C[C@@H](C(=O)Nc1ccc2ccccc2c1)N1CCC[C@@H]1c1ccc2c(c1)OCCO2. The third-order valence-corrected chi connectivity index (χ3v) is 6.14. The molecule has 5 nitrogen and oxygen atoms in total. The van der Waals surface area contributed by atoms with Crippen molar-refractivity contribution in [2.75, 3.05) is 25.1 Å². The van der Waals surface area contributed by atoms with Crippen LogP contribution in [-0.4, -0.2) is 36.6 Å². The number of fused-ring (bicyclic) bond motifs is 2. The Morgan fingerprint density at radius 3 is 2.67 bits per heavy atom. The number of anilines is 1. The Bertz CT molecular complexity index is 1080. The maximum absolute atomic E-state index is 13.0. The number of amides is 1. The Morgan fingerprint density at radius 2 is 1.80 bits per heavy atom. The Kier molecular flexibility index (Phi) is 5.05. The van der Waals surface area contributed by atoms with Gasteiger partial charge in [-0.1, -0.05) is 36.4 Å². The molecule has 0 aromatic heterocycles. The highest BCUT2D eigenvalue weighted by atomic mass is 16.6. The minimum absolute atomic E-state index is 0.0229. The van der Waals surface area contributed by atoms with Crippen molar-refractivity contribution in [2.45, 2.75) is 31.8 Å². The number of hydrogen-bond acceptors (Lipinski definition) is 4. The van der Waals surface area contributed by atoms with Crippen LogP contribution in [0.4, 0.5) is 5.69 Å². The molecule has 0 radical (unpaired) electrons. The van der Waals surface area contributed by atoms with Crippen molar-refractivity contribution < 1.29 is 14.3 Å². The van der Waals surface area contributed by atoms with E-state index < -0.39 is 0 Å². The normalized spacial score (nSPS) is 19.6. The maximum atomic E-state index is 13.0. The predicted octanol–water partition coefficient (Wildman–Crippen LogP) is 4.78. The number of hydrogen-bond donors (Lipinski definition) is 1. The minimum atomic E-state index is -0.225. The van der Waals surface area contributed by atoms with Crippen LogP contribution >= 0.6 is 0 Å². The summed E-state index contributed by atoms with van der Waals surface area (Å²) in [4.78, 5) is 15.3. The van der Waals surface area contributed by atoms with Gasteiger partial charge in [-0.25, -0.2) is 0 Å². The van der Waals surface area contributed by atoms with Gasteiger partial charge in [0.25, 0.3) is 0 Å². The van der Waals surface area contributed by atoms with Crippen LogP contribution in [0.25, 0.3) is 10.8 Å². The topological polar surface area (TPSA) is 50.8 Å². The first kappa shape index (κ1) is 18.9. The Hall–Kier alpha value is -3.05. The van der Waals surface area contributed by atoms with Gasteiger partial charge < -0.3 is 14.8 Å². The number of rotatable bonds is 4. The molecular formula is C25H26N2O3. The first-order valence-electron chi connectivity index (χ1n) is 10.6. The summed E-state index contributed by atoms with van der Waals surface area (Å²) in [5.74, 6) is 1.63. The smallest absolute Gasteiger partial charge is 0.241 e. The average molecular weight is 402 g/mol. The monoisotopic (exact) mass is 402 g/mol. The Balaban J connectivity index is 1.32. The van der Waals surface area contributed by atoms with Gasteiger partial charge in [-0.3, -0.25) is 9.69 Å². The zero-order valence-electron chi connectivity index (χ0n) is 17.1. The van der Waals surface area contributed by atoms with Crippen LogP contribution in [-0.2, 0) is 4.79 Å². The van der Waals surface area contributed by atoms with E-state index in [1.54, 1.807) is 0 Å². The van der Waals surface area contributed by atoms with Gasteiger partial charge in [0.2, 0.25) is 5.91 Å². The van der Waals surface area contributed by atoms with Crippen molar-refractivity contribution in [3.63, 3.8) is 0 Å². The highest BCUT2D eigenvalue weighted by Crippen LogP contribution is 2.39. The molecule has 1 saturated heterocycles. The van der Waals surface area contributed by atoms with Gasteiger partial charge >= 0.3 is 0 Å². The summed E-state index contributed by atoms with van der Waals surface area (Å²) in [5, 5.41) is 5.40. The van der Waals surface area contributed by atoms with Gasteiger partial charge in [-0.2, -0.15) is 0 Å². The average Bonchev–Trinajstić information content (AvgIpc) is 3.28. The minimum Gasteiger partial charge on any atom is -0.486 e. The van der Waals surface area contributed by atoms with Gasteiger partial charge in [0, 0.05) is 11.7 Å². The van der Waals surface area contributed by atoms with E-state index in [1.165, 1.54) is 10.9 Å². The molecule has 2 atom stereocenters. The number of carbonyl (C=O) groups excluding carboxylic acids is 1. The molecule has 0 unspecified atom stereocenters. The van der Waals surface area contributed by atoms with Crippen LogP contribution < -0.4 is 14.8 Å². The van der Waals surface area contributed by atoms with Crippen LogP contribution in [0.3, 0.4) is 0 Å². The lowest BCUT2D eigenvalue weighted by Crippen LogP contribution is -2.41. The fourth-order valence-electron chi connectivity index (χ4n) is 4.54. The number of nitrogens with one attached hydrogen (secondary N) is 1. The molecule has 3 aromatic carbocycles. The predicted molar refractivity (Wildman–Crippen MR) is 118 cm³/mol. The van der Waals surface area contributed by atoms with Crippen molar-refractivity contribution in [3.05, 3.63) is 66.2 Å². The van der Waals surface area contributed by atoms with Crippen molar-refractivity contribution in [1.82, 2.24) is 4.90 Å². The molecule has 5 heteroatoms. The number of benzene rings is 3. The second kappa shape index (κ2) is 8.00. The van der Waals surface area contributed by atoms with Crippen molar-refractivity contribution >= 4 is 22.4 Å². The van der Waals surface area contributed by atoms with E-state index in [2.05, 4.69) is 34.5 Å². The van der Waals surface area contributed by atoms with Gasteiger partial charge in [0.05, 0.1) is 6.04 Å². The zero-order valence-corrected chi connectivity index (χ0v) is 17.1. The molecule has 3 aromatic rings. The van der Waals surface area contributed by atoms with E-state index in [0.29, 0.717) is 13.2 Å². The molecule has 0 aliphatic carbocycles. The van der Waals surface area contributed by atoms with E-state index in [-0.39, 0.29) is 18.0 Å². The quantitative estimate of drug-likeness (QED) is 0.683. The highest BCUT2D eigenvalue weighted by Gasteiger charge is 2.33. The van der Waals surface area contributed by atoms with E-state index in [1.807, 2.05) is 43.3 Å². The number of nitrogens with zero attached hydrogens (tertiary/aromatic N) is 1. The van der Waals surface area contributed by atoms with Gasteiger partial charge in [-0.05, 0) is 66.9 Å². The lowest BCUT2D eigenvalue weighted by Gasteiger charge is -2.31. The number of likely N-dealkylation sites (tertiary alicyclic amines) is 1. The van der Waals surface area contributed by atoms with E-state index >= 15 is 0 Å². The van der Waals surface area contributed by atoms with E-state index in [9.17, 15) is 4.79 Å². The van der Waals surface area contributed by atoms with Crippen molar-refractivity contribution in [1.29, 1.82) is 0 Å². The summed E-state index contributed by atoms with van der Waals surface area (Å²) < 4.78 is 11.4. The molecule has 0 saturated carbocycles. The fourth-order valence-corrected chi connectivity index (χ4v) is 4.54. The van der Waals surface area contributed by atoms with Gasteiger partial charge in [0.15, 0.2) is 11.5 Å². The molecule has 0 spiro atoms. The van der Waals surface area contributed by atoms with Crippen LogP contribution in [0.15, 0.2) is 60.7 Å². The number of ether oxygens (including phenoxy) is 2. The maximum Gasteiger partial charge on any atom is 0.241 e. The summed E-state index contributed by atoms with van der Waals surface area (Å²) >= 11 is 0. The summed E-state index contributed by atoms with van der Waals surface area (Å²) in [6.07, 6.45) is 2.11. The first-order chi connectivity index (χ1) is 14.7. The molecule has 154 valence electrons. The summed E-state index contributed by atoms with van der Waals surface area (Å²) in [7, 11) is 0. The van der Waals surface area contributed by atoms with Gasteiger partial charge in [0.1, 0.15) is 13.2 Å². The van der Waals surface area contributed by atoms with Crippen LogP contribution in [0, 0.1) is 0 Å². The van der Waals surface area contributed by atoms with Crippen LogP contribution in [0.2, 0.25) is 0 Å². The molecule has 1 N–H and O–H groups in total. The van der Waals surface area contributed by atoms with Gasteiger partial charge in [-0.15, -0.1) is 0 Å². The van der Waals surface area contributed by atoms with E-state index in [4.69, 9.17) is 9.47 Å².